The molecule has 3 rings (SSSR count). The summed E-state index contributed by atoms with van der Waals surface area (Å²) >= 11 is 0. The molecule has 1 heterocycles. The van der Waals surface area contributed by atoms with E-state index in [1.165, 1.54) is 56.3 Å². The van der Waals surface area contributed by atoms with Gasteiger partial charge in [0.1, 0.15) is 0 Å². The molecule has 1 aromatic carbocycles. The summed E-state index contributed by atoms with van der Waals surface area (Å²) in [4.78, 5) is 14.7. The van der Waals surface area contributed by atoms with Crippen LogP contribution in [0.25, 0.3) is 0 Å². The van der Waals surface area contributed by atoms with Gasteiger partial charge in [-0.25, -0.2) is 0 Å². The van der Waals surface area contributed by atoms with E-state index >= 15 is 0 Å². The van der Waals surface area contributed by atoms with Gasteiger partial charge >= 0.3 is 0 Å². The average molecular weight is 314 g/mol. The molecule has 1 aliphatic carbocycles. The third-order valence-electron chi connectivity index (χ3n) is 5.51. The Balaban J connectivity index is 1.33. The monoisotopic (exact) mass is 314 g/mol. The van der Waals surface area contributed by atoms with Crippen LogP contribution < -0.4 is 5.32 Å². The molecule has 126 valence electrons. The molecule has 0 bridgehead atoms. The van der Waals surface area contributed by atoms with Crippen LogP contribution in [0.2, 0.25) is 0 Å². The van der Waals surface area contributed by atoms with Crippen molar-refractivity contribution in [3.63, 3.8) is 0 Å². The lowest BCUT2D eigenvalue weighted by Gasteiger charge is -2.23. The molecule has 1 amide bonds. The molecule has 0 unspecified atom stereocenters. The zero-order valence-electron chi connectivity index (χ0n) is 14.4. The quantitative estimate of drug-likeness (QED) is 0.874. The van der Waals surface area contributed by atoms with E-state index in [-0.39, 0.29) is 5.91 Å². The third kappa shape index (κ3) is 4.81. The van der Waals surface area contributed by atoms with Crippen molar-refractivity contribution in [3.05, 3.63) is 35.4 Å². The maximum Gasteiger partial charge on any atom is 0.220 e. The van der Waals surface area contributed by atoms with Gasteiger partial charge in [0.15, 0.2) is 0 Å². The van der Waals surface area contributed by atoms with E-state index in [1.807, 2.05) is 0 Å². The van der Waals surface area contributed by atoms with Crippen molar-refractivity contribution < 1.29 is 4.79 Å². The van der Waals surface area contributed by atoms with Crippen molar-refractivity contribution in [2.45, 2.75) is 57.9 Å². The number of nitrogens with zero attached hydrogens (tertiary/aromatic N) is 1. The van der Waals surface area contributed by atoms with Crippen LogP contribution in [0.5, 0.6) is 0 Å². The summed E-state index contributed by atoms with van der Waals surface area (Å²) in [6, 6.07) is 9.31. The van der Waals surface area contributed by atoms with Gasteiger partial charge in [-0.15, -0.1) is 0 Å². The number of hydrogen-bond donors (Lipinski definition) is 1. The Labute approximate surface area is 140 Å². The van der Waals surface area contributed by atoms with Gasteiger partial charge in [0.2, 0.25) is 5.91 Å². The Kier molecular flexibility index (Phi) is 5.71. The lowest BCUT2D eigenvalue weighted by Crippen LogP contribution is -2.34. The summed E-state index contributed by atoms with van der Waals surface area (Å²) in [6.07, 6.45) is 8.26. The Morgan fingerprint density at radius 1 is 1.17 bits per heavy atom. The standard InChI is InChI=1S/C20H30N2O/c1-16-6-8-17(9-7-16)10-11-20(23)21-14-18-12-13-22(15-18)19-4-2-3-5-19/h6-9,18-19H,2-5,10-15H2,1H3,(H,21,23)/t18-/m1/s1. The number of carbonyl (C=O) groups excluding carboxylic acids is 1. The molecule has 1 aliphatic heterocycles. The van der Waals surface area contributed by atoms with Gasteiger partial charge in [-0.05, 0) is 50.6 Å². The number of rotatable bonds is 6. The highest BCUT2D eigenvalue weighted by molar-refractivity contribution is 5.76. The minimum atomic E-state index is 0.199. The molecule has 1 atom stereocenters. The van der Waals surface area contributed by atoms with Crippen LogP contribution in [0.3, 0.4) is 0 Å². The van der Waals surface area contributed by atoms with Crippen molar-refractivity contribution in [3.8, 4) is 0 Å². The van der Waals surface area contributed by atoms with Crippen molar-refractivity contribution in [1.29, 1.82) is 0 Å². The summed E-state index contributed by atoms with van der Waals surface area (Å²) in [5.41, 5.74) is 2.52. The number of carbonyl (C=O) groups is 1. The van der Waals surface area contributed by atoms with Crippen LogP contribution in [-0.4, -0.2) is 36.5 Å². The van der Waals surface area contributed by atoms with Gasteiger partial charge < -0.3 is 10.2 Å². The van der Waals surface area contributed by atoms with E-state index in [2.05, 4.69) is 41.4 Å². The highest BCUT2D eigenvalue weighted by Crippen LogP contribution is 2.28. The normalized spacial score (nSPS) is 22.6. The largest absolute Gasteiger partial charge is 0.356 e. The highest BCUT2D eigenvalue weighted by atomic mass is 16.1. The predicted octanol–water partition coefficient (Wildman–Crippen LogP) is 3.31. The number of benzene rings is 1. The zero-order chi connectivity index (χ0) is 16.1. The van der Waals surface area contributed by atoms with E-state index in [1.54, 1.807) is 0 Å². The van der Waals surface area contributed by atoms with Gasteiger partial charge in [0.05, 0.1) is 0 Å². The molecule has 1 saturated carbocycles. The van der Waals surface area contributed by atoms with Gasteiger partial charge in [-0.2, -0.15) is 0 Å². The van der Waals surface area contributed by atoms with Gasteiger partial charge in [-0.1, -0.05) is 42.7 Å². The van der Waals surface area contributed by atoms with Crippen molar-refractivity contribution in [1.82, 2.24) is 10.2 Å². The molecule has 3 heteroatoms. The second-order valence-electron chi connectivity index (χ2n) is 7.38. The molecular weight excluding hydrogens is 284 g/mol. The molecule has 23 heavy (non-hydrogen) atoms. The Bertz CT molecular complexity index is 505. The topological polar surface area (TPSA) is 32.3 Å². The number of hydrogen-bond acceptors (Lipinski definition) is 2. The first kappa shape index (κ1) is 16.5. The average Bonchev–Trinajstić information content (AvgIpc) is 3.23. The Morgan fingerprint density at radius 2 is 1.91 bits per heavy atom. The summed E-state index contributed by atoms with van der Waals surface area (Å²) in [7, 11) is 0. The summed E-state index contributed by atoms with van der Waals surface area (Å²) in [5.74, 6) is 0.851. The fourth-order valence-corrected chi connectivity index (χ4v) is 3.99. The second kappa shape index (κ2) is 7.96. The lowest BCUT2D eigenvalue weighted by molar-refractivity contribution is -0.121. The molecule has 0 spiro atoms. The van der Waals surface area contributed by atoms with E-state index in [9.17, 15) is 4.79 Å². The smallest absolute Gasteiger partial charge is 0.220 e. The first-order valence-corrected chi connectivity index (χ1v) is 9.27. The molecule has 1 N–H and O–H groups in total. The molecule has 3 nitrogen and oxygen atoms in total. The summed E-state index contributed by atoms with van der Waals surface area (Å²) < 4.78 is 0. The van der Waals surface area contributed by atoms with Crippen LogP contribution >= 0.6 is 0 Å². The first-order valence-electron chi connectivity index (χ1n) is 9.27. The summed E-state index contributed by atoms with van der Waals surface area (Å²) in [6.45, 7) is 5.36. The van der Waals surface area contributed by atoms with Crippen LogP contribution in [0.4, 0.5) is 0 Å². The molecule has 2 aliphatic rings. The molecule has 0 aromatic heterocycles. The minimum Gasteiger partial charge on any atom is -0.356 e. The van der Waals surface area contributed by atoms with Crippen LogP contribution in [0, 0.1) is 12.8 Å². The van der Waals surface area contributed by atoms with Crippen molar-refractivity contribution in [2.75, 3.05) is 19.6 Å². The Morgan fingerprint density at radius 3 is 2.65 bits per heavy atom. The number of aryl methyl sites for hydroxylation is 2. The SMILES string of the molecule is Cc1ccc(CCC(=O)NC[C@H]2CCN(C3CCCC3)C2)cc1. The Hall–Kier alpha value is -1.35. The number of nitrogens with one attached hydrogen (secondary N) is 1. The number of amides is 1. The van der Waals surface area contributed by atoms with Gasteiger partial charge in [0.25, 0.3) is 0 Å². The minimum absolute atomic E-state index is 0.199. The zero-order valence-corrected chi connectivity index (χ0v) is 14.4. The van der Waals surface area contributed by atoms with E-state index < -0.39 is 0 Å². The lowest BCUT2D eigenvalue weighted by atomic mass is 10.1. The fraction of sp³-hybridized carbons (Fsp3) is 0.650. The predicted molar refractivity (Wildman–Crippen MR) is 94.4 cm³/mol. The van der Waals surface area contributed by atoms with Gasteiger partial charge in [0, 0.05) is 25.6 Å². The second-order valence-corrected chi connectivity index (χ2v) is 7.38. The molecule has 1 aromatic rings. The fourth-order valence-electron chi connectivity index (χ4n) is 3.99. The van der Waals surface area contributed by atoms with Crippen molar-refractivity contribution >= 4 is 5.91 Å². The maximum absolute atomic E-state index is 12.1. The first-order chi connectivity index (χ1) is 11.2. The van der Waals surface area contributed by atoms with E-state index in [4.69, 9.17) is 0 Å². The molecule has 2 fully saturated rings. The number of likely N-dealkylation sites (tertiary alicyclic amines) is 1. The third-order valence-corrected chi connectivity index (χ3v) is 5.51. The van der Waals surface area contributed by atoms with Gasteiger partial charge in [-0.3, -0.25) is 4.79 Å². The van der Waals surface area contributed by atoms with E-state index in [0.29, 0.717) is 12.3 Å². The highest BCUT2D eigenvalue weighted by Gasteiger charge is 2.29. The van der Waals surface area contributed by atoms with Crippen LogP contribution in [-0.2, 0) is 11.2 Å². The van der Waals surface area contributed by atoms with E-state index in [0.717, 1.165) is 19.0 Å². The van der Waals surface area contributed by atoms with Crippen molar-refractivity contribution in [2.24, 2.45) is 5.92 Å². The molecular formula is C20H30N2O. The van der Waals surface area contributed by atoms with Crippen LogP contribution in [0.1, 0.15) is 49.7 Å². The summed E-state index contributed by atoms with van der Waals surface area (Å²) in [5, 5.41) is 3.15. The molecule has 0 radical (unpaired) electrons. The maximum atomic E-state index is 12.1. The van der Waals surface area contributed by atoms with Crippen LogP contribution in [0.15, 0.2) is 24.3 Å². The molecule has 1 saturated heterocycles.